The molecule has 0 radical (unpaired) electrons. The van der Waals surface area contributed by atoms with Crippen molar-refractivity contribution >= 4 is 17.6 Å². The van der Waals surface area contributed by atoms with Crippen molar-refractivity contribution in [1.29, 1.82) is 0 Å². The first-order valence-electron chi connectivity index (χ1n) is 6.80. The molecule has 0 aliphatic carbocycles. The second-order valence-electron chi connectivity index (χ2n) is 4.81. The molecule has 1 saturated heterocycles. The number of nitro benzene ring substituents is 1. The Balaban J connectivity index is 2.06. The number of esters is 1. The summed E-state index contributed by atoms with van der Waals surface area (Å²) in [6, 6.07) is 3.61. The smallest absolute Gasteiger partial charge is 0.342 e. The van der Waals surface area contributed by atoms with Gasteiger partial charge in [-0.25, -0.2) is 4.79 Å². The van der Waals surface area contributed by atoms with Crippen molar-refractivity contribution in [2.45, 2.75) is 12.8 Å². The lowest BCUT2D eigenvalue weighted by atomic mass is 10.2. The average molecular weight is 308 g/mol. The van der Waals surface area contributed by atoms with E-state index in [9.17, 15) is 19.7 Å². The molecule has 0 unspecified atom stereocenters. The third kappa shape index (κ3) is 3.51. The highest BCUT2D eigenvalue weighted by molar-refractivity contribution is 5.94. The fraction of sp³-hybridized carbons (Fsp3) is 0.429. The number of hydrogen-bond acceptors (Lipinski definition) is 6. The molecule has 1 aliphatic rings. The van der Waals surface area contributed by atoms with Gasteiger partial charge >= 0.3 is 5.97 Å². The van der Waals surface area contributed by atoms with Crippen LogP contribution in [0, 0.1) is 10.1 Å². The minimum absolute atomic E-state index is 0.0779. The van der Waals surface area contributed by atoms with Crippen molar-refractivity contribution in [2.75, 3.05) is 26.8 Å². The van der Waals surface area contributed by atoms with Gasteiger partial charge in [0, 0.05) is 25.2 Å². The molecular weight excluding hydrogens is 292 g/mol. The molecule has 1 aromatic rings. The number of carbonyl (C=O) groups excluding carboxylic acids is 2. The molecule has 1 heterocycles. The fourth-order valence-electron chi connectivity index (χ4n) is 2.23. The van der Waals surface area contributed by atoms with Crippen LogP contribution in [-0.2, 0) is 9.53 Å². The Hall–Kier alpha value is -2.64. The minimum atomic E-state index is -0.826. The second-order valence-corrected chi connectivity index (χ2v) is 4.81. The van der Waals surface area contributed by atoms with Gasteiger partial charge < -0.3 is 14.4 Å². The highest BCUT2D eigenvalue weighted by Crippen LogP contribution is 2.24. The molecule has 0 N–H and O–H groups in total. The quantitative estimate of drug-likeness (QED) is 0.463. The van der Waals surface area contributed by atoms with Crippen LogP contribution in [0.15, 0.2) is 18.2 Å². The van der Waals surface area contributed by atoms with E-state index in [1.807, 2.05) is 0 Å². The van der Waals surface area contributed by atoms with Crippen LogP contribution in [0.2, 0.25) is 0 Å². The Labute approximate surface area is 126 Å². The van der Waals surface area contributed by atoms with Gasteiger partial charge in [-0.15, -0.1) is 0 Å². The summed E-state index contributed by atoms with van der Waals surface area (Å²) in [5.41, 5.74) is -0.329. The van der Waals surface area contributed by atoms with Crippen LogP contribution in [0.5, 0.6) is 5.75 Å². The number of non-ortho nitro benzene ring substituents is 1. The van der Waals surface area contributed by atoms with E-state index in [-0.39, 0.29) is 29.5 Å². The second kappa shape index (κ2) is 6.88. The van der Waals surface area contributed by atoms with E-state index >= 15 is 0 Å². The first-order valence-corrected chi connectivity index (χ1v) is 6.80. The topological polar surface area (TPSA) is 99.0 Å². The summed E-state index contributed by atoms with van der Waals surface area (Å²) >= 11 is 0. The van der Waals surface area contributed by atoms with Crippen LogP contribution in [-0.4, -0.2) is 48.5 Å². The molecular formula is C14H16N2O6. The number of benzene rings is 1. The number of likely N-dealkylation sites (tertiary alicyclic amines) is 1. The zero-order valence-corrected chi connectivity index (χ0v) is 12.1. The maximum atomic E-state index is 12.0. The summed E-state index contributed by atoms with van der Waals surface area (Å²) < 4.78 is 9.94. The Bertz CT molecular complexity index is 595. The molecule has 0 atom stereocenters. The van der Waals surface area contributed by atoms with E-state index in [1.165, 1.54) is 19.2 Å². The molecule has 1 aromatic carbocycles. The van der Waals surface area contributed by atoms with Crippen LogP contribution in [0.3, 0.4) is 0 Å². The number of carbonyl (C=O) groups is 2. The maximum absolute atomic E-state index is 12.0. The highest BCUT2D eigenvalue weighted by atomic mass is 16.6. The molecule has 0 bridgehead atoms. The fourth-order valence-corrected chi connectivity index (χ4v) is 2.23. The van der Waals surface area contributed by atoms with E-state index in [2.05, 4.69) is 0 Å². The van der Waals surface area contributed by atoms with E-state index in [4.69, 9.17) is 9.47 Å². The van der Waals surface area contributed by atoms with Gasteiger partial charge in [-0.3, -0.25) is 14.9 Å². The first-order chi connectivity index (χ1) is 10.5. The Morgan fingerprint density at radius 2 is 2.00 bits per heavy atom. The molecule has 2 rings (SSSR count). The van der Waals surface area contributed by atoms with Crippen molar-refractivity contribution in [1.82, 2.24) is 4.90 Å². The predicted molar refractivity (Wildman–Crippen MR) is 75.7 cm³/mol. The number of hydrogen-bond donors (Lipinski definition) is 0. The number of amides is 1. The Kier molecular flexibility index (Phi) is 4.92. The zero-order valence-electron chi connectivity index (χ0n) is 12.1. The number of nitro groups is 1. The van der Waals surface area contributed by atoms with E-state index in [0.717, 1.165) is 18.9 Å². The van der Waals surface area contributed by atoms with Crippen molar-refractivity contribution < 1.29 is 24.0 Å². The molecule has 22 heavy (non-hydrogen) atoms. The first kappa shape index (κ1) is 15.7. The van der Waals surface area contributed by atoms with Crippen LogP contribution in [0.1, 0.15) is 23.2 Å². The molecule has 1 aliphatic heterocycles. The zero-order chi connectivity index (χ0) is 16.1. The lowest BCUT2D eigenvalue weighted by molar-refractivity contribution is -0.384. The summed E-state index contributed by atoms with van der Waals surface area (Å²) in [5, 5.41) is 10.8. The molecule has 118 valence electrons. The maximum Gasteiger partial charge on any atom is 0.342 e. The molecule has 1 amide bonds. The molecule has 1 fully saturated rings. The number of rotatable bonds is 5. The van der Waals surface area contributed by atoms with Crippen LogP contribution >= 0.6 is 0 Å². The summed E-state index contributed by atoms with van der Waals surface area (Å²) in [6.07, 6.45) is 1.89. The monoisotopic (exact) mass is 308 g/mol. The number of methoxy groups -OCH3 is 1. The van der Waals surface area contributed by atoms with Crippen LogP contribution in [0.4, 0.5) is 5.69 Å². The molecule has 0 aromatic heterocycles. The van der Waals surface area contributed by atoms with Gasteiger partial charge in [-0.05, 0) is 18.9 Å². The van der Waals surface area contributed by atoms with Crippen molar-refractivity contribution in [3.8, 4) is 5.75 Å². The van der Waals surface area contributed by atoms with E-state index in [1.54, 1.807) is 4.90 Å². The third-order valence-electron chi connectivity index (χ3n) is 3.40. The van der Waals surface area contributed by atoms with Crippen LogP contribution < -0.4 is 4.74 Å². The van der Waals surface area contributed by atoms with E-state index < -0.39 is 10.9 Å². The van der Waals surface area contributed by atoms with Gasteiger partial charge in [-0.1, -0.05) is 0 Å². The summed E-state index contributed by atoms with van der Waals surface area (Å²) in [7, 11) is 1.34. The predicted octanol–water partition coefficient (Wildman–Crippen LogP) is 1.38. The SMILES string of the molecule is COc1ccc([N+](=O)[O-])cc1C(=O)OCC(=O)N1CCCC1. The largest absolute Gasteiger partial charge is 0.496 e. The summed E-state index contributed by atoms with van der Waals surface area (Å²) in [6.45, 7) is 0.942. The lowest BCUT2D eigenvalue weighted by Gasteiger charge is -2.15. The normalized spacial score (nSPS) is 13.8. The van der Waals surface area contributed by atoms with Crippen molar-refractivity contribution in [3.63, 3.8) is 0 Å². The molecule has 0 spiro atoms. The van der Waals surface area contributed by atoms with Gasteiger partial charge in [0.05, 0.1) is 12.0 Å². The standard InChI is InChI=1S/C14H16N2O6/c1-21-12-5-4-10(16(19)20)8-11(12)14(18)22-9-13(17)15-6-2-3-7-15/h4-5,8H,2-3,6-7,9H2,1H3. The molecule has 8 nitrogen and oxygen atoms in total. The van der Waals surface area contributed by atoms with Gasteiger partial charge in [0.1, 0.15) is 11.3 Å². The van der Waals surface area contributed by atoms with Gasteiger partial charge in [0.25, 0.3) is 11.6 Å². The average Bonchev–Trinajstić information content (AvgIpc) is 3.06. The minimum Gasteiger partial charge on any atom is -0.496 e. The summed E-state index contributed by atoms with van der Waals surface area (Å²) in [4.78, 5) is 35.6. The summed E-state index contributed by atoms with van der Waals surface area (Å²) in [5.74, 6) is -0.937. The van der Waals surface area contributed by atoms with Gasteiger partial charge in [-0.2, -0.15) is 0 Å². The molecule has 0 saturated carbocycles. The Morgan fingerprint density at radius 1 is 1.32 bits per heavy atom. The Morgan fingerprint density at radius 3 is 2.59 bits per heavy atom. The number of ether oxygens (including phenoxy) is 2. The molecule has 8 heteroatoms. The lowest BCUT2D eigenvalue weighted by Crippen LogP contribution is -2.32. The third-order valence-corrected chi connectivity index (χ3v) is 3.40. The van der Waals surface area contributed by atoms with Crippen molar-refractivity contribution in [3.05, 3.63) is 33.9 Å². The van der Waals surface area contributed by atoms with Gasteiger partial charge in [0.2, 0.25) is 0 Å². The van der Waals surface area contributed by atoms with Crippen LogP contribution in [0.25, 0.3) is 0 Å². The van der Waals surface area contributed by atoms with Crippen molar-refractivity contribution in [2.24, 2.45) is 0 Å². The van der Waals surface area contributed by atoms with E-state index in [0.29, 0.717) is 13.1 Å². The number of nitrogens with zero attached hydrogens (tertiary/aromatic N) is 2. The highest BCUT2D eigenvalue weighted by Gasteiger charge is 2.22. The van der Waals surface area contributed by atoms with Gasteiger partial charge in [0.15, 0.2) is 6.61 Å².